The van der Waals surface area contributed by atoms with Crippen LogP contribution in [-0.2, 0) is 41.2 Å². The van der Waals surface area contributed by atoms with Crippen LogP contribution >= 0.6 is 22.9 Å². The number of amides is 2. The van der Waals surface area contributed by atoms with Crippen molar-refractivity contribution >= 4 is 44.6 Å². The third-order valence-corrected chi connectivity index (χ3v) is 9.14. The number of anilines is 1. The lowest BCUT2D eigenvalue weighted by atomic mass is 10.1. The highest BCUT2D eigenvalue weighted by Gasteiger charge is 2.28. The fraction of sp³-hybridized carbons (Fsp3) is 0.474. The molecule has 2 aliphatic carbocycles. The van der Waals surface area contributed by atoms with Gasteiger partial charge < -0.3 is 10.4 Å². The first-order chi connectivity index (χ1) is 13.6. The van der Waals surface area contributed by atoms with Crippen molar-refractivity contribution in [3.05, 3.63) is 38.5 Å². The van der Waals surface area contributed by atoms with E-state index in [1.54, 1.807) is 13.8 Å². The van der Waals surface area contributed by atoms with E-state index in [1.807, 2.05) is 0 Å². The molecular formula is C19H23ClN4O3S2. The lowest BCUT2D eigenvalue weighted by Crippen LogP contribution is -2.18. The summed E-state index contributed by atoms with van der Waals surface area (Å²) in [7, 11) is -3.56. The number of aromatic nitrogens is 1. The summed E-state index contributed by atoms with van der Waals surface area (Å²) in [4.78, 5) is 17.9. The number of rotatable bonds is 3. The Labute approximate surface area is 179 Å². The van der Waals surface area contributed by atoms with E-state index >= 15 is 0 Å². The van der Waals surface area contributed by atoms with E-state index in [4.69, 9.17) is 21.7 Å². The third kappa shape index (κ3) is 3.94. The first kappa shape index (κ1) is 20.7. The van der Waals surface area contributed by atoms with E-state index in [0.717, 1.165) is 78.1 Å². The lowest BCUT2D eigenvalue weighted by Gasteiger charge is -2.14. The van der Waals surface area contributed by atoms with Crippen LogP contribution in [0.15, 0.2) is 14.6 Å². The molecule has 0 bridgehead atoms. The van der Waals surface area contributed by atoms with Gasteiger partial charge in [-0.15, -0.1) is 15.7 Å². The van der Waals surface area contributed by atoms with Crippen molar-refractivity contribution in [3.8, 4) is 0 Å². The molecular weight excluding hydrogens is 432 g/mol. The summed E-state index contributed by atoms with van der Waals surface area (Å²) in [6.45, 7) is 3.18. The Morgan fingerprint density at radius 1 is 1.28 bits per heavy atom. The molecule has 10 heteroatoms. The Balaban J connectivity index is 1.68. The first-order valence-corrected chi connectivity index (χ1v) is 12.2. The minimum atomic E-state index is -3.56. The number of carbonyl (C=O) groups is 1. The van der Waals surface area contributed by atoms with Crippen molar-refractivity contribution in [2.45, 2.75) is 62.2 Å². The number of pyridine rings is 1. The van der Waals surface area contributed by atoms with Crippen molar-refractivity contribution in [3.63, 3.8) is 0 Å². The number of aryl methyl sites for hydroxylation is 2. The quantitative estimate of drug-likeness (QED) is 0.650. The molecule has 2 amide bonds. The van der Waals surface area contributed by atoms with E-state index in [9.17, 15) is 14.1 Å². The van der Waals surface area contributed by atoms with E-state index in [0.29, 0.717) is 4.88 Å². The zero-order valence-corrected chi connectivity index (χ0v) is 18.6. The number of aliphatic hydroxyl groups is 1. The normalized spacial score (nSPS) is 17.6. The molecule has 0 saturated heterocycles. The van der Waals surface area contributed by atoms with Crippen LogP contribution in [-0.4, -0.2) is 20.3 Å². The van der Waals surface area contributed by atoms with Gasteiger partial charge in [0.05, 0.1) is 16.3 Å². The smallest absolute Gasteiger partial charge is 0.354 e. The average Bonchev–Trinajstić information content (AvgIpc) is 3.31. The molecule has 2 heterocycles. The summed E-state index contributed by atoms with van der Waals surface area (Å²) in [5.41, 5.74) is 3.77. The maximum Gasteiger partial charge on any atom is 0.354 e. The molecule has 2 aliphatic rings. The van der Waals surface area contributed by atoms with Gasteiger partial charge in [0.2, 0.25) is 0 Å². The monoisotopic (exact) mass is 454 g/mol. The summed E-state index contributed by atoms with van der Waals surface area (Å²) in [5, 5.41) is 19.0. The molecule has 0 saturated carbocycles. The number of hydrogen-bond donors (Lipinski definition) is 3. The highest BCUT2D eigenvalue weighted by Crippen LogP contribution is 2.38. The van der Waals surface area contributed by atoms with Gasteiger partial charge >= 0.3 is 6.03 Å². The van der Waals surface area contributed by atoms with Gasteiger partial charge in [0.25, 0.3) is 0 Å². The number of nitrogens with zero attached hydrogens (tertiary/aromatic N) is 2. The van der Waals surface area contributed by atoms with Gasteiger partial charge in [0.15, 0.2) is 9.92 Å². The Bertz CT molecular complexity index is 1100. The highest BCUT2D eigenvalue weighted by atomic mass is 35.5. The van der Waals surface area contributed by atoms with Gasteiger partial charge in [-0.2, -0.15) is 0 Å². The minimum Gasteiger partial charge on any atom is -0.385 e. The van der Waals surface area contributed by atoms with Gasteiger partial charge in [-0.25, -0.2) is 14.1 Å². The molecule has 0 spiro atoms. The van der Waals surface area contributed by atoms with Crippen LogP contribution in [0, 0.1) is 0 Å². The van der Waals surface area contributed by atoms with E-state index in [1.165, 1.54) is 6.07 Å². The molecule has 29 heavy (non-hydrogen) atoms. The molecule has 7 nitrogen and oxygen atoms in total. The minimum absolute atomic E-state index is 0.0802. The largest absolute Gasteiger partial charge is 0.385 e. The van der Waals surface area contributed by atoms with Crippen LogP contribution < -0.4 is 10.5 Å². The zero-order chi connectivity index (χ0) is 21.0. The second-order valence-electron chi connectivity index (χ2n) is 7.94. The van der Waals surface area contributed by atoms with E-state index < -0.39 is 21.5 Å². The number of halogens is 1. The number of thiophene rings is 1. The standard InChI is InChI=1S/C19H23ClN4O3S2/c1-19(2,26)15-9-12(20)17(28-15)29(21,27)24-18(25)23-16-10-5-3-7-13(10)22-14-8-4-6-11(14)16/h9,26H,3-8H2,1-2H3,(H3,21,22,23,24,25,27)/t29-/m1/s1. The maximum atomic E-state index is 13.0. The zero-order valence-electron chi connectivity index (χ0n) is 16.2. The van der Waals surface area contributed by atoms with Gasteiger partial charge in [0, 0.05) is 16.3 Å². The number of carbonyl (C=O) groups excluding carboxylic acids is 1. The summed E-state index contributed by atoms with van der Waals surface area (Å²) in [6, 6.07) is 0.741. The molecule has 2 aromatic rings. The second kappa shape index (κ2) is 7.31. The maximum absolute atomic E-state index is 13.0. The number of hydrogen-bond acceptors (Lipinski definition) is 5. The lowest BCUT2D eigenvalue weighted by molar-refractivity contribution is 0.0825. The Morgan fingerprint density at radius 3 is 2.38 bits per heavy atom. The average molecular weight is 455 g/mol. The summed E-state index contributed by atoms with van der Waals surface area (Å²) in [6.07, 6.45) is 5.53. The van der Waals surface area contributed by atoms with Gasteiger partial charge in [0.1, 0.15) is 4.21 Å². The molecule has 2 aromatic heterocycles. The molecule has 0 fully saturated rings. The van der Waals surface area contributed by atoms with E-state index in [-0.39, 0.29) is 9.23 Å². The Morgan fingerprint density at radius 2 is 1.86 bits per heavy atom. The Kier molecular flexibility index (Phi) is 5.23. The Hall–Kier alpha value is -1.52. The van der Waals surface area contributed by atoms with Crippen LogP contribution in [0.3, 0.4) is 0 Å². The van der Waals surface area contributed by atoms with Crippen molar-refractivity contribution in [2.75, 3.05) is 5.32 Å². The molecule has 0 aromatic carbocycles. The van der Waals surface area contributed by atoms with E-state index in [2.05, 4.69) is 9.68 Å². The number of urea groups is 1. The highest BCUT2D eigenvalue weighted by molar-refractivity contribution is 7.93. The fourth-order valence-corrected chi connectivity index (χ4v) is 6.86. The predicted molar refractivity (Wildman–Crippen MR) is 115 cm³/mol. The molecule has 0 unspecified atom stereocenters. The van der Waals surface area contributed by atoms with Crippen LogP contribution in [0.1, 0.15) is 54.1 Å². The SMILES string of the molecule is CC(C)(O)c1cc(Cl)c([S@](N)(=O)=NC(=O)Nc2c3c(nc4c2CCC4)CCC3)s1. The number of nitrogens with one attached hydrogen (secondary N) is 1. The predicted octanol–water partition coefficient (Wildman–Crippen LogP) is 3.93. The van der Waals surface area contributed by atoms with Crippen LogP contribution in [0.5, 0.6) is 0 Å². The topological polar surface area (TPSA) is 118 Å². The third-order valence-electron chi connectivity index (χ3n) is 5.23. The van der Waals surface area contributed by atoms with Gasteiger partial charge in [-0.1, -0.05) is 11.6 Å². The molecule has 4 rings (SSSR count). The van der Waals surface area contributed by atoms with Crippen LogP contribution in [0.4, 0.5) is 10.5 Å². The van der Waals surface area contributed by atoms with Crippen molar-refractivity contribution in [1.82, 2.24) is 4.98 Å². The van der Waals surface area contributed by atoms with Crippen LogP contribution in [0.25, 0.3) is 0 Å². The molecule has 1 atom stereocenters. The molecule has 4 N–H and O–H groups in total. The summed E-state index contributed by atoms with van der Waals surface area (Å²) >= 11 is 7.17. The number of fused-ring (bicyclic) bond motifs is 2. The van der Waals surface area contributed by atoms with Crippen LogP contribution in [0.2, 0.25) is 5.02 Å². The number of nitrogens with two attached hydrogens (primary N) is 1. The molecule has 0 radical (unpaired) electrons. The van der Waals surface area contributed by atoms with Crippen molar-refractivity contribution in [1.29, 1.82) is 0 Å². The van der Waals surface area contributed by atoms with Crippen molar-refractivity contribution < 1.29 is 14.1 Å². The van der Waals surface area contributed by atoms with Crippen molar-refractivity contribution in [2.24, 2.45) is 9.50 Å². The van der Waals surface area contributed by atoms with Gasteiger partial charge in [-0.05, 0) is 69.6 Å². The molecule has 0 aliphatic heterocycles. The van der Waals surface area contributed by atoms with Gasteiger partial charge in [-0.3, -0.25) is 4.98 Å². The molecule has 156 valence electrons. The second-order valence-corrected chi connectivity index (χ2v) is 11.4. The fourth-order valence-electron chi connectivity index (χ4n) is 3.88. The summed E-state index contributed by atoms with van der Waals surface area (Å²) < 4.78 is 16.8. The summed E-state index contributed by atoms with van der Waals surface area (Å²) in [5.74, 6) is 0. The first-order valence-electron chi connectivity index (χ1n) is 9.48.